The molecule has 0 aromatic heterocycles. The molecular weight excluding hydrogens is 160 g/mol. The minimum absolute atomic E-state index is 0.170. The van der Waals surface area contributed by atoms with Gasteiger partial charge in [0, 0.05) is 5.57 Å². The fourth-order valence-corrected chi connectivity index (χ4v) is 0.312. The molecule has 4 N–H and O–H groups in total. The van der Waals surface area contributed by atoms with Crippen LogP contribution in [0, 0.1) is 0 Å². The smallest absolute Gasteiger partial charge is 0.327 e. The molecule has 0 bridgehead atoms. The second-order valence-corrected chi connectivity index (χ2v) is 2.39. The fraction of sp³-hybridized carbons (Fsp3) is 0.429. The molecule has 1 atom stereocenters. The van der Waals surface area contributed by atoms with Crippen LogP contribution >= 0.6 is 0 Å². The first-order chi connectivity index (χ1) is 5.45. The number of carbonyl (C=O) groups excluding carboxylic acids is 2. The molecule has 0 aliphatic rings. The minimum atomic E-state index is -0.707. The zero-order chi connectivity index (χ0) is 9.72. The van der Waals surface area contributed by atoms with E-state index in [4.69, 9.17) is 11.5 Å². The molecule has 1 unspecified atom stereocenters. The zero-order valence-corrected chi connectivity index (χ0v) is 7.03. The summed E-state index contributed by atoms with van der Waals surface area (Å²) in [5, 5.41) is 0. The van der Waals surface area contributed by atoms with Gasteiger partial charge in [0.2, 0.25) is 5.91 Å². The van der Waals surface area contributed by atoms with Gasteiger partial charge in [-0.15, -0.1) is 0 Å². The molecule has 0 fully saturated rings. The third kappa shape index (κ3) is 3.72. The van der Waals surface area contributed by atoms with Gasteiger partial charge < -0.3 is 16.2 Å². The van der Waals surface area contributed by atoms with Gasteiger partial charge in [-0.05, 0) is 13.8 Å². The summed E-state index contributed by atoms with van der Waals surface area (Å²) in [5.74, 6) is -1.23. The van der Waals surface area contributed by atoms with Crippen molar-refractivity contribution in [3.63, 3.8) is 0 Å². The molecular formula is C7H12N2O3. The van der Waals surface area contributed by atoms with Crippen molar-refractivity contribution in [1.82, 2.24) is 0 Å². The highest BCUT2D eigenvalue weighted by Crippen LogP contribution is 1.93. The summed E-state index contributed by atoms with van der Waals surface area (Å²) in [5.41, 5.74) is 10.2. The van der Waals surface area contributed by atoms with Crippen molar-refractivity contribution in [2.75, 3.05) is 0 Å². The number of hydrogen-bond acceptors (Lipinski definition) is 4. The highest BCUT2D eigenvalue weighted by atomic mass is 16.5. The molecule has 0 rings (SSSR count). The van der Waals surface area contributed by atoms with Crippen molar-refractivity contribution in [2.24, 2.45) is 11.5 Å². The van der Waals surface area contributed by atoms with E-state index in [1.165, 1.54) is 13.8 Å². The van der Waals surface area contributed by atoms with Crippen molar-refractivity contribution >= 4 is 11.9 Å². The van der Waals surface area contributed by atoms with Gasteiger partial charge in [0.1, 0.15) is 12.3 Å². The molecule has 0 saturated carbocycles. The van der Waals surface area contributed by atoms with Gasteiger partial charge in [0.05, 0.1) is 0 Å². The first-order valence-corrected chi connectivity index (χ1v) is 3.37. The SMILES string of the molecule is C/C(=C\OC(=O)C(C)N)C(N)=O. The molecule has 0 aromatic carbocycles. The van der Waals surface area contributed by atoms with Gasteiger partial charge in [-0.2, -0.15) is 0 Å². The predicted octanol–water partition coefficient (Wildman–Crippen LogP) is -0.734. The maximum atomic E-state index is 10.7. The summed E-state index contributed by atoms with van der Waals surface area (Å²) < 4.78 is 4.50. The number of primary amides is 1. The monoisotopic (exact) mass is 172 g/mol. The van der Waals surface area contributed by atoms with E-state index < -0.39 is 17.9 Å². The van der Waals surface area contributed by atoms with Gasteiger partial charge in [-0.25, -0.2) is 4.79 Å². The van der Waals surface area contributed by atoms with Crippen LogP contribution in [-0.2, 0) is 14.3 Å². The molecule has 1 amide bonds. The third-order valence-corrected chi connectivity index (χ3v) is 1.11. The Hall–Kier alpha value is -1.36. The Bertz CT molecular complexity index is 221. The molecule has 5 nitrogen and oxygen atoms in total. The molecule has 0 heterocycles. The summed E-state index contributed by atoms with van der Waals surface area (Å²) in [7, 11) is 0. The second kappa shape index (κ2) is 4.50. The number of rotatable bonds is 3. The number of amides is 1. The van der Waals surface area contributed by atoms with Crippen LogP contribution in [0.1, 0.15) is 13.8 Å². The highest BCUT2D eigenvalue weighted by molar-refractivity contribution is 5.91. The summed E-state index contributed by atoms with van der Waals surface area (Å²) in [4.78, 5) is 21.1. The maximum absolute atomic E-state index is 10.7. The van der Waals surface area contributed by atoms with Crippen LogP contribution in [0.25, 0.3) is 0 Å². The average molecular weight is 172 g/mol. The lowest BCUT2D eigenvalue weighted by Gasteiger charge is -2.02. The maximum Gasteiger partial charge on any atom is 0.327 e. The van der Waals surface area contributed by atoms with E-state index in [0.717, 1.165) is 6.26 Å². The van der Waals surface area contributed by atoms with Crippen LogP contribution in [0.2, 0.25) is 0 Å². The molecule has 0 aromatic rings. The van der Waals surface area contributed by atoms with E-state index in [0.29, 0.717) is 0 Å². The van der Waals surface area contributed by atoms with Crippen LogP contribution < -0.4 is 11.5 Å². The van der Waals surface area contributed by atoms with Crippen LogP contribution in [0.15, 0.2) is 11.8 Å². The van der Waals surface area contributed by atoms with E-state index >= 15 is 0 Å². The molecule has 12 heavy (non-hydrogen) atoms. The lowest BCUT2D eigenvalue weighted by atomic mass is 10.3. The molecule has 0 saturated heterocycles. The first kappa shape index (κ1) is 10.6. The Balaban J connectivity index is 4.05. The number of hydrogen-bond donors (Lipinski definition) is 2. The third-order valence-electron chi connectivity index (χ3n) is 1.11. The molecule has 5 heteroatoms. The summed E-state index contributed by atoms with van der Waals surface area (Å²) in [6, 6.07) is -0.707. The Kier molecular flexibility index (Phi) is 3.99. The fourth-order valence-electron chi connectivity index (χ4n) is 0.312. The normalized spacial score (nSPS) is 13.8. The van der Waals surface area contributed by atoms with E-state index in [-0.39, 0.29) is 5.57 Å². The number of carbonyl (C=O) groups is 2. The zero-order valence-electron chi connectivity index (χ0n) is 7.03. The predicted molar refractivity (Wildman–Crippen MR) is 42.7 cm³/mol. The molecule has 0 radical (unpaired) electrons. The van der Waals surface area contributed by atoms with E-state index in [1.807, 2.05) is 0 Å². The Morgan fingerprint density at radius 3 is 2.33 bits per heavy atom. The van der Waals surface area contributed by atoms with Gasteiger partial charge in [0.15, 0.2) is 0 Å². The van der Waals surface area contributed by atoms with Crippen LogP contribution in [0.4, 0.5) is 0 Å². The van der Waals surface area contributed by atoms with Crippen LogP contribution in [0.3, 0.4) is 0 Å². The van der Waals surface area contributed by atoms with Crippen molar-refractivity contribution in [3.05, 3.63) is 11.8 Å². The first-order valence-electron chi connectivity index (χ1n) is 3.37. The van der Waals surface area contributed by atoms with Crippen LogP contribution in [-0.4, -0.2) is 17.9 Å². The number of ether oxygens (including phenoxy) is 1. The Morgan fingerprint density at radius 1 is 1.50 bits per heavy atom. The topological polar surface area (TPSA) is 95.4 Å². The average Bonchev–Trinajstić information content (AvgIpc) is 1.98. The quantitative estimate of drug-likeness (QED) is 0.333. The van der Waals surface area contributed by atoms with E-state index in [2.05, 4.69) is 4.74 Å². The van der Waals surface area contributed by atoms with E-state index in [9.17, 15) is 9.59 Å². The van der Waals surface area contributed by atoms with Gasteiger partial charge in [-0.3, -0.25) is 4.79 Å². The van der Waals surface area contributed by atoms with Gasteiger partial charge in [-0.1, -0.05) is 0 Å². The molecule has 0 aliphatic heterocycles. The van der Waals surface area contributed by atoms with Crippen molar-refractivity contribution in [1.29, 1.82) is 0 Å². The summed E-state index contributed by atoms with van der Waals surface area (Å²) in [6.45, 7) is 2.92. The summed E-state index contributed by atoms with van der Waals surface area (Å²) >= 11 is 0. The number of esters is 1. The van der Waals surface area contributed by atoms with Crippen molar-refractivity contribution in [2.45, 2.75) is 19.9 Å². The molecule has 0 spiro atoms. The van der Waals surface area contributed by atoms with E-state index in [1.54, 1.807) is 0 Å². The van der Waals surface area contributed by atoms with Crippen LogP contribution in [0.5, 0.6) is 0 Å². The number of nitrogens with two attached hydrogens (primary N) is 2. The Labute approximate surface area is 70.4 Å². The lowest BCUT2D eigenvalue weighted by Crippen LogP contribution is -2.27. The van der Waals surface area contributed by atoms with Crippen molar-refractivity contribution < 1.29 is 14.3 Å². The second-order valence-electron chi connectivity index (χ2n) is 2.39. The Morgan fingerprint density at radius 2 is 2.00 bits per heavy atom. The molecule has 68 valence electrons. The highest BCUT2D eigenvalue weighted by Gasteiger charge is 2.07. The minimum Gasteiger partial charge on any atom is -0.433 e. The van der Waals surface area contributed by atoms with Gasteiger partial charge in [0.25, 0.3) is 0 Å². The van der Waals surface area contributed by atoms with Gasteiger partial charge >= 0.3 is 5.97 Å². The summed E-state index contributed by atoms with van der Waals surface area (Å²) in [6.07, 6.45) is 0.994. The lowest BCUT2D eigenvalue weighted by molar-refractivity contribution is -0.139. The standard InChI is InChI=1S/C7H12N2O3/c1-4(6(9)10)3-12-7(11)5(2)8/h3,5H,8H2,1-2H3,(H2,9,10)/b4-3+. The largest absolute Gasteiger partial charge is 0.433 e. The van der Waals surface area contributed by atoms with Crippen molar-refractivity contribution in [3.8, 4) is 0 Å². The molecule has 0 aliphatic carbocycles.